The first-order valence-corrected chi connectivity index (χ1v) is 5.74. The Morgan fingerprint density at radius 2 is 1.94 bits per heavy atom. The van der Waals surface area contributed by atoms with Gasteiger partial charge in [-0.3, -0.25) is 9.59 Å². The zero-order valence-electron chi connectivity index (χ0n) is 10.3. The summed E-state index contributed by atoms with van der Waals surface area (Å²) in [6, 6.07) is 7.34. The summed E-state index contributed by atoms with van der Waals surface area (Å²) >= 11 is 0. The number of carboxylic acid groups (broad SMARTS) is 1. The normalized spacial score (nSPS) is 10.5. The molecule has 0 aliphatic carbocycles. The number of benzene rings is 1. The molecule has 0 aliphatic rings. The van der Waals surface area contributed by atoms with Crippen LogP contribution in [0.5, 0.6) is 0 Å². The molecule has 0 saturated carbocycles. The maximum atomic E-state index is 11.2. The fraction of sp³-hybridized carbons (Fsp3) is 0.286. The van der Waals surface area contributed by atoms with Gasteiger partial charge in [0.25, 0.3) is 0 Å². The van der Waals surface area contributed by atoms with Crippen molar-refractivity contribution in [3.8, 4) is 0 Å². The first-order chi connectivity index (χ1) is 8.61. The zero-order chi connectivity index (χ0) is 13.4. The minimum Gasteiger partial charge on any atom is -0.481 e. The lowest BCUT2D eigenvalue weighted by Gasteiger charge is -2.02. The minimum atomic E-state index is -0.856. The highest BCUT2D eigenvalue weighted by Crippen LogP contribution is 2.08. The highest BCUT2D eigenvalue weighted by Gasteiger charge is 2.02. The van der Waals surface area contributed by atoms with Gasteiger partial charge in [-0.2, -0.15) is 0 Å². The van der Waals surface area contributed by atoms with Crippen LogP contribution in [-0.2, 0) is 20.7 Å². The van der Waals surface area contributed by atoms with Crippen LogP contribution < -0.4 is 0 Å². The molecule has 0 saturated heterocycles. The summed E-state index contributed by atoms with van der Waals surface area (Å²) in [6.07, 6.45) is 3.59. The van der Waals surface area contributed by atoms with Crippen molar-refractivity contribution < 1.29 is 19.4 Å². The molecule has 18 heavy (non-hydrogen) atoms. The van der Waals surface area contributed by atoms with E-state index >= 15 is 0 Å². The highest BCUT2D eigenvalue weighted by molar-refractivity contribution is 5.73. The standard InChI is InChI=1S/C14H16O4/c1-2-18-14(17)10-12-8-6-11(7-9-12)4-3-5-13(15)16/h3-4,6-9H,2,5,10H2,1H3,(H,15,16). The van der Waals surface area contributed by atoms with Crippen molar-refractivity contribution in [1.82, 2.24) is 0 Å². The molecule has 1 rings (SSSR count). The van der Waals surface area contributed by atoms with E-state index in [1.807, 2.05) is 24.3 Å². The summed E-state index contributed by atoms with van der Waals surface area (Å²) in [5, 5.41) is 8.48. The van der Waals surface area contributed by atoms with E-state index < -0.39 is 5.97 Å². The lowest BCUT2D eigenvalue weighted by molar-refractivity contribution is -0.142. The van der Waals surface area contributed by atoms with Crippen LogP contribution in [0.4, 0.5) is 0 Å². The van der Waals surface area contributed by atoms with Crippen molar-refractivity contribution >= 4 is 18.0 Å². The van der Waals surface area contributed by atoms with E-state index in [2.05, 4.69) is 0 Å². The summed E-state index contributed by atoms with van der Waals surface area (Å²) in [4.78, 5) is 21.6. The van der Waals surface area contributed by atoms with Crippen LogP contribution >= 0.6 is 0 Å². The number of carbonyl (C=O) groups excluding carboxylic acids is 1. The van der Waals surface area contributed by atoms with Crippen molar-refractivity contribution in [2.24, 2.45) is 0 Å². The van der Waals surface area contributed by atoms with E-state index in [0.717, 1.165) is 11.1 Å². The molecule has 0 atom stereocenters. The van der Waals surface area contributed by atoms with Gasteiger partial charge in [0.05, 0.1) is 19.4 Å². The Bertz CT molecular complexity index is 432. The smallest absolute Gasteiger partial charge is 0.310 e. The van der Waals surface area contributed by atoms with E-state index in [9.17, 15) is 9.59 Å². The van der Waals surface area contributed by atoms with Crippen LogP contribution in [0.1, 0.15) is 24.5 Å². The van der Waals surface area contributed by atoms with E-state index in [-0.39, 0.29) is 18.8 Å². The summed E-state index contributed by atoms with van der Waals surface area (Å²) in [5.41, 5.74) is 1.78. The molecule has 0 radical (unpaired) electrons. The molecule has 0 spiro atoms. The van der Waals surface area contributed by atoms with Gasteiger partial charge in [-0.15, -0.1) is 0 Å². The van der Waals surface area contributed by atoms with Crippen LogP contribution in [0.3, 0.4) is 0 Å². The van der Waals surface area contributed by atoms with Crippen LogP contribution in [-0.4, -0.2) is 23.7 Å². The first-order valence-electron chi connectivity index (χ1n) is 5.74. The summed E-state index contributed by atoms with van der Waals surface area (Å²) in [5.74, 6) is -1.10. The molecule has 4 nitrogen and oxygen atoms in total. The molecule has 4 heteroatoms. The van der Waals surface area contributed by atoms with Gasteiger partial charge < -0.3 is 9.84 Å². The molecule has 0 aliphatic heterocycles. The second-order valence-corrected chi connectivity index (χ2v) is 3.72. The predicted molar refractivity (Wildman–Crippen MR) is 68.1 cm³/mol. The average molecular weight is 248 g/mol. The maximum absolute atomic E-state index is 11.2. The molecule has 0 aromatic heterocycles. The Morgan fingerprint density at radius 3 is 2.50 bits per heavy atom. The lowest BCUT2D eigenvalue weighted by Crippen LogP contribution is -2.07. The van der Waals surface area contributed by atoms with Crippen molar-refractivity contribution in [3.63, 3.8) is 0 Å². The van der Waals surface area contributed by atoms with Crippen molar-refractivity contribution in [3.05, 3.63) is 41.5 Å². The van der Waals surface area contributed by atoms with Gasteiger partial charge in [-0.1, -0.05) is 36.4 Å². The topological polar surface area (TPSA) is 63.6 Å². The molecule has 96 valence electrons. The van der Waals surface area contributed by atoms with E-state index in [4.69, 9.17) is 9.84 Å². The summed E-state index contributed by atoms with van der Waals surface area (Å²) in [6.45, 7) is 2.16. The molecule has 1 N–H and O–H groups in total. The molecular weight excluding hydrogens is 232 g/mol. The summed E-state index contributed by atoms with van der Waals surface area (Å²) in [7, 11) is 0. The number of esters is 1. The number of hydrogen-bond acceptors (Lipinski definition) is 3. The average Bonchev–Trinajstić information content (AvgIpc) is 2.31. The molecule has 0 heterocycles. The van der Waals surface area contributed by atoms with Crippen molar-refractivity contribution in [2.45, 2.75) is 19.8 Å². The molecule has 0 fully saturated rings. The van der Waals surface area contributed by atoms with Crippen LogP contribution in [0, 0.1) is 0 Å². The Hall–Kier alpha value is -2.10. The van der Waals surface area contributed by atoms with Crippen LogP contribution in [0.25, 0.3) is 6.08 Å². The fourth-order valence-electron chi connectivity index (χ4n) is 1.42. The number of carboxylic acids is 1. The van der Waals surface area contributed by atoms with Gasteiger partial charge in [-0.05, 0) is 18.1 Å². The molecule has 0 unspecified atom stereocenters. The highest BCUT2D eigenvalue weighted by atomic mass is 16.5. The number of rotatable bonds is 6. The minimum absolute atomic E-state index is 0.00454. The second-order valence-electron chi connectivity index (χ2n) is 3.72. The number of carbonyl (C=O) groups is 2. The third kappa shape index (κ3) is 5.30. The molecule has 0 bridgehead atoms. The summed E-state index contributed by atoms with van der Waals surface area (Å²) < 4.78 is 4.85. The Balaban J connectivity index is 2.54. The largest absolute Gasteiger partial charge is 0.481 e. The van der Waals surface area contributed by atoms with Crippen molar-refractivity contribution in [1.29, 1.82) is 0 Å². The van der Waals surface area contributed by atoms with E-state index in [1.54, 1.807) is 19.1 Å². The Morgan fingerprint density at radius 1 is 1.28 bits per heavy atom. The molecule has 1 aromatic rings. The number of ether oxygens (including phenoxy) is 1. The Labute approximate surface area is 106 Å². The van der Waals surface area contributed by atoms with Gasteiger partial charge in [-0.25, -0.2) is 0 Å². The molecule has 0 amide bonds. The van der Waals surface area contributed by atoms with Crippen LogP contribution in [0.15, 0.2) is 30.3 Å². The third-order valence-electron chi connectivity index (χ3n) is 2.24. The van der Waals surface area contributed by atoms with E-state index in [1.165, 1.54) is 0 Å². The first kappa shape index (κ1) is 14.0. The van der Waals surface area contributed by atoms with Gasteiger partial charge in [0.2, 0.25) is 0 Å². The molecular formula is C14H16O4. The lowest BCUT2D eigenvalue weighted by atomic mass is 10.1. The van der Waals surface area contributed by atoms with E-state index in [0.29, 0.717) is 6.61 Å². The predicted octanol–water partition coefficient (Wildman–Crippen LogP) is 2.28. The monoisotopic (exact) mass is 248 g/mol. The Kier molecular flexibility index (Phi) is 5.64. The zero-order valence-corrected chi connectivity index (χ0v) is 10.3. The quantitative estimate of drug-likeness (QED) is 0.784. The van der Waals surface area contributed by atoms with Gasteiger partial charge >= 0.3 is 11.9 Å². The van der Waals surface area contributed by atoms with Crippen molar-refractivity contribution in [2.75, 3.05) is 6.61 Å². The molecule has 1 aromatic carbocycles. The van der Waals surface area contributed by atoms with Crippen LogP contribution in [0.2, 0.25) is 0 Å². The fourth-order valence-corrected chi connectivity index (χ4v) is 1.42. The third-order valence-corrected chi connectivity index (χ3v) is 2.24. The number of aliphatic carboxylic acids is 1. The van der Waals surface area contributed by atoms with Gasteiger partial charge in [0.1, 0.15) is 0 Å². The number of hydrogen-bond donors (Lipinski definition) is 1. The SMILES string of the molecule is CCOC(=O)Cc1ccc(C=CCC(=O)O)cc1. The van der Waals surface area contributed by atoms with Gasteiger partial charge in [0, 0.05) is 0 Å². The van der Waals surface area contributed by atoms with Gasteiger partial charge in [0.15, 0.2) is 0 Å². The second kappa shape index (κ2) is 7.27. The maximum Gasteiger partial charge on any atom is 0.310 e.